The SMILES string of the molecule is C=C(CCc1ccccc1)N1CCC(N(Cc2ccc(CC)cc2CC)Cc2ccc(CC)cc2OC)C(CC)C1. The number of benzene rings is 3. The monoisotopic (exact) mass is 552 g/mol. The van der Waals surface area contributed by atoms with Gasteiger partial charge in [-0.1, -0.05) is 101 Å². The molecule has 0 aromatic heterocycles. The summed E-state index contributed by atoms with van der Waals surface area (Å²) in [6, 6.07) is 25.3. The highest BCUT2D eigenvalue weighted by molar-refractivity contribution is 5.38. The van der Waals surface area contributed by atoms with Crippen LogP contribution in [-0.4, -0.2) is 36.0 Å². The van der Waals surface area contributed by atoms with Crippen molar-refractivity contribution in [1.82, 2.24) is 9.80 Å². The van der Waals surface area contributed by atoms with Gasteiger partial charge in [-0.05, 0) is 78.3 Å². The number of methoxy groups -OCH3 is 1. The van der Waals surface area contributed by atoms with Crippen LogP contribution in [0.15, 0.2) is 79.0 Å². The summed E-state index contributed by atoms with van der Waals surface area (Å²) in [4.78, 5) is 5.34. The van der Waals surface area contributed by atoms with E-state index in [-0.39, 0.29) is 0 Å². The molecule has 2 unspecified atom stereocenters. The molecule has 220 valence electrons. The largest absolute Gasteiger partial charge is 0.496 e. The lowest BCUT2D eigenvalue weighted by molar-refractivity contribution is 0.0551. The van der Waals surface area contributed by atoms with Crippen molar-refractivity contribution in [2.24, 2.45) is 5.92 Å². The summed E-state index contributed by atoms with van der Waals surface area (Å²) in [5.74, 6) is 1.62. The summed E-state index contributed by atoms with van der Waals surface area (Å²) >= 11 is 0. The van der Waals surface area contributed by atoms with Crippen LogP contribution in [0.5, 0.6) is 5.75 Å². The van der Waals surface area contributed by atoms with Crippen LogP contribution < -0.4 is 4.74 Å². The maximum absolute atomic E-state index is 5.92. The summed E-state index contributed by atoms with van der Waals surface area (Å²) in [6.45, 7) is 17.7. The molecule has 1 saturated heterocycles. The molecule has 3 heteroatoms. The van der Waals surface area contributed by atoms with E-state index in [1.165, 1.54) is 45.5 Å². The minimum Gasteiger partial charge on any atom is -0.496 e. The molecule has 1 aliphatic heterocycles. The first-order valence-electron chi connectivity index (χ1n) is 16.0. The van der Waals surface area contributed by atoms with Gasteiger partial charge in [0.2, 0.25) is 0 Å². The lowest BCUT2D eigenvalue weighted by atomic mass is 9.87. The van der Waals surface area contributed by atoms with Crippen molar-refractivity contribution < 1.29 is 4.74 Å². The molecule has 0 N–H and O–H groups in total. The van der Waals surface area contributed by atoms with Gasteiger partial charge in [0.25, 0.3) is 0 Å². The van der Waals surface area contributed by atoms with Crippen LogP contribution in [0, 0.1) is 5.92 Å². The number of likely N-dealkylation sites (tertiary alicyclic amines) is 1. The molecule has 0 radical (unpaired) electrons. The summed E-state index contributed by atoms with van der Waals surface area (Å²) in [5.41, 5.74) is 9.69. The highest BCUT2D eigenvalue weighted by Gasteiger charge is 2.33. The average Bonchev–Trinajstić information content (AvgIpc) is 3.03. The number of nitrogens with zero attached hydrogens (tertiary/aromatic N) is 2. The third-order valence-corrected chi connectivity index (χ3v) is 9.25. The van der Waals surface area contributed by atoms with Gasteiger partial charge in [0.05, 0.1) is 7.11 Å². The van der Waals surface area contributed by atoms with Crippen molar-refractivity contribution in [3.8, 4) is 5.75 Å². The Morgan fingerprint density at radius 1 is 0.829 bits per heavy atom. The number of ether oxygens (including phenoxy) is 1. The first kappa shape index (κ1) is 30.9. The molecule has 3 aromatic rings. The second-order valence-corrected chi connectivity index (χ2v) is 11.7. The molecule has 0 spiro atoms. The average molecular weight is 553 g/mol. The van der Waals surface area contributed by atoms with Crippen LogP contribution in [-0.2, 0) is 38.8 Å². The standard InChI is InChI=1S/C38H52N2O/c1-7-30-18-20-35(33(9-3)24-30)27-40(28-36-21-19-31(8-2)25-38(36)41-6)37-22-23-39(26-34(37)10-4)29(5)16-17-32-14-12-11-13-15-32/h11-15,18-21,24-25,34,37H,5,7-10,16-17,22-23,26-28H2,1-4,6H3. The molecule has 2 atom stereocenters. The van der Waals surface area contributed by atoms with Gasteiger partial charge in [0, 0.05) is 43.5 Å². The maximum Gasteiger partial charge on any atom is 0.123 e. The van der Waals surface area contributed by atoms with Crippen molar-refractivity contribution in [1.29, 1.82) is 0 Å². The van der Waals surface area contributed by atoms with Gasteiger partial charge in [0.15, 0.2) is 0 Å². The van der Waals surface area contributed by atoms with Crippen molar-refractivity contribution in [3.63, 3.8) is 0 Å². The highest BCUT2D eigenvalue weighted by atomic mass is 16.5. The topological polar surface area (TPSA) is 15.7 Å². The third-order valence-electron chi connectivity index (χ3n) is 9.25. The zero-order chi connectivity index (χ0) is 29.2. The Morgan fingerprint density at radius 3 is 2.17 bits per heavy atom. The fourth-order valence-electron chi connectivity index (χ4n) is 6.53. The first-order valence-corrected chi connectivity index (χ1v) is 16.0. The van der Waals surface area contributed by atoms with Crippen molar-refractivity contribution in [2.45, 2.75) is 91.8 Å². The van der Waals surface area contributed by atoms with E-state index in [0.29, 0.717) is 12.0 Å². The number of aryl methyl sites for hydroxylation is 4. The van der Waals surface area contributed by atoms with Crippen molar-refractivity contribution in [2.75, 3.05) is 20.2 Å². The zero-order valence-electron chi connectivity index (χ0n) is 26.3. The van der Waals surface area contributed by atoms with Crippen LogP contribution in [0.4, 0.5) is 0 Å². The van der Waals surface area contributed by atoms with E-state index in [1.54, 1.807) is 0 Å². The van der Waals surface area contributed by atoms with Crippen LogP contribution in [0.2, 0.25) is 0 Å². The Kier molecular flexibility index (Phi) is 11.5. The number of rotatable bonds is 14. The van der Waals surface area contributed by atoms with Gasteiger partial charge in [-0.3, -0.25) is 4.90 Å². The molecular formula is C38H52N2O. The van der Waals surface area contributed by atoms with Crippen LogP contribution in [0.1, 0.15) is 80.3 Å². The summed E-state index contributed by atoms with van der Waals surface area (Å²) in [5, 5.41) is 0. The molecule has 0 saturated carbocycles. The van der Waals surface area contributed by atoms with E-state index in [9.17, 15) is 0 Å². The number of hydrogen-bond acceptors (Lipinski definition) is 3. The van der Waals surface area contributed by atoms with Gasteiger partial charge in [-0.2, -0.15) is 0 Å². The lowest BCUT2D eigenvalue weighted by Crippen LogP contribution is -2.50. The fraction of sp³-hybridized carbons (Fsp3) is 0.474. The Bertz CT molecular complexity index is 1190. The van der Waals surface area contributed by atoms with E-state index >= 15 is 0 Å². The van der Waals surface area contributed by atoms with Crippen LogP contribution in [0.3, 0.4) is 0 Å². The van der Waals surface area contributed by atoms with Crippen molar-refractivity contribution >= 4 is 0 Å². The predicted octanol–water partition coefficient (Wildman–Crippen LogP) is 8.63. The Balaban J connectivity index is 1.56. The molecule has 41 heavy (non-hydrogen) atoms. The van der Waals surface area contributed by atoms with Gasteiger partial charge >= 0.3 is 0 Å². The third kappa shape index (κ3) is 8.04. The van der Waals surface area contributed by atoms with Gasteiger partial charge in [0.1, 0.15) is 5.75 Å². The molecule has 3 nitrogen and oxygen atoms in total. The molecule has 0 amide bonds. The minimum atomic E-state index is 0.518. The minimum absolute atomic E-state index is 0.518. The summed E-state index contributed by atoms with van der Waals surface area (Å²) < 4.78 is 5.92. The zero-order valence-corrected chi connectivity index (χ0v) is 26.3. The van der Waals surface area contributed by atoms with Crippen molar-refractivity contribution in [3.05, 3.63) is 112 Å². The van der Waals surface area contributed by atoms with Crippen LogP contribution >= 0.6 is 0 Å². The molecule has 0 bridgehead atoms. The quantitative estimate of drug-likeness (QED) is 0.199. The van der Waals surface area contributed by atoms with Gasteiger partial charge in [-0.25, -0.2) is 0 Å². The highest BCUT2D eigenvalue weighted by Crippen LogP contribution is 2.33. The van der Waals surface area contributed by atoms with E-state index in [4.69, 9.17) is 4.74 Å². The Hall–Kier alpha value is -3.04. The molecule has 0 aliphatic carbocycles. The molecule has 1 heterocycles. The fourth-order valence-corrected chi connectivity index (χ4v) is 6.53. The van der Waals surface area contributed by atoms with E-state index < -0.39 is 0 Å². The smallest absolute Gasteiger partial charge is 0.123 e. The molecule has 3 aromatic carbocycles. The number of hydrogen-bond donors (Lipinski definition) is 0. The Morgan fingerprint density at radius 2 is 1.51 bits per heavy atom. The lowest BCUT2D eigenvalue weighted by Gasteiger charge is -2.45. The van der Waals surface area contributed by atoms with Gasteiger partial charge in [-0.15, -0.1) is 0 Å². The molecular weight excluding hydrogens is 500 g/mol. The normalized spacial score (nSPS) is 17.2. The maximum atomic E-state index is 5.92. The molecule has 4 rings (SSSR count). The first-order chi connectivity index (χ1) is 20.0. The van der Waals surface area contributed by atoms with E-state index in [2.05, 4.69) is 111 Å². The molecule has 1 fully saturated rings. The summed E-state index contributed by atoms with van der Waals surface area (Å²) in [6.07, 6.45) is 7.60. The number of allylic oxidation sites excluding steroid dienone is 1. The summed E-state index contributed by atoms with van der Waals surface area (Å²) in [7, 11) is 1.82. The second-order valence-electron chi connectivity index (χ2n) is 11.7. The number of piperidine rings is 1. The van der Waals surface area contributed by atoms with E-state index in [1.807, 2.05) is 7.11 Å². The predicted molar refractivity (Wildman–Crippen MR) is 174 cm³/mol. The Labute approximate surface area is 250 Å². The van der Waals surface area contributed by atoms with Gasteiger partial charge < -0.3 is 9.64 Å². The second kappa shape index (κ2) is 15.3. The molecule has 1 aliphatic rings. The van der Waals surface area contributed by atoms with Crippen LogP contribution in [0.25, 0.3) is 0 Å². The van der Waals surface area contributed by atoms with E-state index in [0.717, 1.165) is 70.5 Å².